The smallest absolute Gasteiger partial charge is 0.171 e. The summed E-state index contributed by atoms with van der Waals surface area (Å²) in [6, 6.07) is 6.45. The highest BCUT2D eigenvalue weighted by atomic mass is 32.1. The molecule has 3 heteroatoms. The molecule has 0 radical (unpaired) electrons. The average Bonchev–Trinajstić information content (AvgIpc) is 2.65. The Morgan fingerprint density at radius 2 is 2.00 bits per heavy atom. The monoisotopic (exact) mass is 259 g/mol. The van der Waals surface area contributed by atoms with Gasteiger partial charge in [-0.1, -0.05) is 23.8 Å². The molecule has 0 saturated heterocycles. The Kier molecular flexibility index (Phi) is 3.62. The third-order valence-corrected chi connectivity index (χ3v) is 4.27. The molecule has 0 amide bonds. The van der Waals surface area contributed by atoms with Crippen LogP contribution in [-0.4, -0.2) is 10.8 Å². The summed E-state index contributed by atoms with van der Waals surface area (Å²) in [5.74, 6) is 0.109. The van der Waals surface area contributed by atoms with Gasteiger partial charge in [0.25, 0.3) is 0 Å². The van der Waals surface area contributed by atoms with E-state index in [9.17, 15) is 4.79 Å². The fourth-order valence-corrected chi connectivity index (χ4v) is 2.99. The molecule has 0 spiro atoms. The second-order valence-electron chi connectivity index (χ2n) is 4.69. The summed E-state index contributed by atoms with van der Waals surface area (Å²) in [6.45, 7) is 7.71. The van der Waals surface area contributed by atoms with E-state index in [1.165, 1.54) is 28.0 Å². The van der Waals surface area contributed by atoms with E-state index >= 15 is 0 Å². The number of Topliss-reactive ketones (excluding diaryl/α,β-unsaturated/α-hetero) is 1. The summed E-state index contributed by atoms with van der Waals surface area (Å²) >= 11 is 1.52. The van der Waals surface area contributed by atoms with Crippen LogP contribution in [0.15, 0.2) is 18.2 Å². The molecule has 18 heavy (non-hydrogen) atoms. The molecule has 0 aliphatic rings. The Hall–Kier alpha value is -1.48. The highest BCUT2D eigenvalue weighted by Gasteiger charge is 2.12. The van der Waals surface area contributed by atoms with Crippen LogP contribution in [0.5, 0.6) is 0 Å². The first-order chi connectivity index (χ1) is 8.47. The van der Waals surface area contributed by atoms with Crippen molar-refractivity contribution in [2.75, 3.05) is 0 Å². The van der Waals surface area contributed by atoms with Gasteiger partial charge in [-0.2, -0.15) is 0 Å². The molecule has 0 aliphatic heterocycles. The predicted molar refractivity (Wildman–Crippen MR) is 75.6 cm³/mol. The molecule has 94 valence electrons. The van der Waals surface area contributed by atoms with Crippen LogP contribution in [0.4, 0.5) is 0 Å². The number of nitrogens with zero attached hydrogens (tertiary/aromatic N) is 1. The van der Waals surface area contributed by atoms with Gasteiger partial charge in [0.1, 0.15) is 0 Å². The summed E-state index contributed by atoms with van der Waals surface area (Å²) in [7, 11) is 0. The molecule has 0 atom stereocenters. The number of thiazole rings is 1. The summed E-state index contributed by atoms with van der Waals surface area (Å²) in [5.41, 5.74) is 4.68. The van der Waals surface area contributed by atoms with E-state index < -0.39 is 0 Å². The summed E-state index contributed by atoms with van der Waals surface area (Å²) in [5, 5.41) is 1.02. The normalized spacial score (nSPS) is 10.7. The van der Waals surface area contributed by atoms with Gasteiger partial charge >= 0.3 is 0 Å². The highest BCUT2D eigenvalue weighted by molar-refractivity contribution is 7.13. The minimum absolute atomic E-state index is 0.109. The largest absolute Gasteiger partial charge is 0.294 e. The van der Waals surface area contributed by atoms with Crippen molar-refractivity contribution in [3.8, 4) is 0 Å². The van der Waals surface area contributed by atoms with Crippen molar-refractivity contribution in [3.63, 3.8) is 0 Å². The molecule has 1 heterocycles. The van der Waals surface area contributed by atoms with Gasteiger partial charge in [-0.15, -0.1) is 11.3 Å². The lowest BCUT2D eigenvalue weighted by atomic mass is 10.0. The third kappa shape index (κ3) is 2.67. The van der Waals surface area contributed by atoms with Crippen molar-refractivity contribution in [3.05, 3.63) is 50.5 Å². The first kappa shape index (κ1) is 13.0. The van der Waals surface area contributed by atoms with E-state index in [0.29, 0.717) is 0 Å². The van der Waals surface area contributed by atoms with Gasteiger partial charge in [0.2, 0.25) is 0 Å². The Bertz CT molecular complexity index is 599. The molecule has 0 bridgehead atoms. The van der Waals surface area contributed by atoms with Crippen molar-refractivity contribution < 1.29 is 4.79 Å². The zero-order chi connectivity index (χ0) is 13.3. The van der Waals surface area contributed by atoms with Gasteiger partial charge in [0.15, 0.2) is 5.78 Å². The first-order valence-corrected chi connectivity index (χ1v) is 6.82. The number of hydrogen-bond acceptors (Lipinski definition) is 3. The Labute approximate surface area is 112 Å². The quantitative estimate of drug-likeness (QED) is 0.783. The lowest BCUT2D eigenvalue weighted by molar-refractivity contribution is 0.102. The van der Waals surface area contributed by atoms with Crippen molar-refractivity contribution in [1.29, 1.82) is 0 Å². The number of carbonyl (C=O) groups is 1. The minimum atomic E-state index is 0.109. The van der Waals surface area contributed by atoms with Crippen LogP contribution >= 0.6 is 11.3 Å². The van der Waals surface area contributed by atoms with Crippen LogP contribution in [0, 0.1) is 20.8 Å². The number of aryl methyl sites for hydroxylation is 3. The standard InChI is InChI=1S/C15H17NOS/c1-9-5-6-10(2)13(7-9)8-14-16-11(3)15(18-14)12(4)17/h5-7H,8H2,1-4H3. The Morgan fingerprint density at radius 1 is 1.28 bits per heavy atom. The molecular weight excluding hydrogens is 242 g/mol. The van der Waals surface area contributed by atoms with E-state index in [-0.39, 0.29) is 5.78 Å². The minimum Gasteiger partial charge on any atom is -0.294 e. The Balaban J connectivity index is 2.31. The molecule has 0 N–H and O–H groups in total. The van der Waals surface area contributed by atoms with Gasteiger partial charge < -0.3 is 0 Å². The van der Waals surface area contributed by atoms with E-state index in [2.05, 4.69) is 37.0 Å². The summed E-state index contributed by atoms with van der Waals surface area (Å²) in [4.78, 5) is 16.7. The maximum atomic E-state index is 11.4. The fourth-order valence-electron chi connectivity index (χ4n) is 2.01. The molecule has 0 fully saturated rings. The van der Waals surface area contributed by atoms with Crippen LogP contribution in [0.25, 0.3) is 0 Å². The molecule has 0 saturated carbocycles. The van der Waals surface area contributed by atoms with Gasteiger partial charge in [0, 0.05) is 13.3 Å². The number of benzene rings is 1. The predicted octanol–water partition coefficient (Wildman–Crippen LogP) is 3.86. The summed E-state index contributed by atoms with van der Waals surface area (Å²) < 4.78 is 0. The van der Waals surface area contributed by atoms with Crippen molar-refractivity contribution in [1.82, 2.24) is 4.98 Å². The van der Waals surface area contributed by atoms with Crippen molar-refractivity contribution >= 4 is 17.1 Å². The van der Waals surface area contributed by atoms with Crippen molar-refractivity contribution in [2.45, 2.75) is 34.1 Å². The molecule has 2 rings (SSSR count). The third-order valence-electron chi connectivity index (χ3n) is 3.01. The van der Waals surface area contributed by atoms with Crippen LogP contribution in [0.2, 0.25) is 0 Å². The topological polar surface area (TPSA) is 30.0 Å². The lowest BCUT2D eigenvalue weighted by Crippen LogP contribution is -1.92. The molecule has 0 aliphatic carbocycles. The van der Waals surface area contributed by atoms with E-state index in [1.54, 1.807) is 6.92 Å². The summed E-state index contributed by atoms with van der Waals surface area (Å²) in [6.07, 6.45) is 0.812. The number of carbonyl (C=O) groups excluding carboxylic acids is 1. The van der Waals surface area contributed by atoms with Gasteiger partial charge in [-0.3, -0.25) is 4.79 Å². The molecule has 1 aromatic heterocycles. The lowest BCUT2D eigenvalue weighted by Gasteiger charge is -2.04. The Morgan fingerprint density at radius 3 is 2.61 bits per heavy atom. The highest BCUT2D eigenvalue weighted by Crippen LogP contribution is 2.23. The maximum absolute atomic E-state index is 11.4. The van der Waals surface area contributed by atoms with Gasteiger partial charge in [-0.25, -0.2) is 4.98 Å². The molecule has 2 nitrogen and oxygen atoms in total. The van der Waals surface area contributed by atoms with Gasteiger partial charge in [0.05, 0.1) is 15.6 Å². The zero-order valence-corrected chi connectivity index (χ0v) is 12.0. The van der Waals surface area contributed by atoms with Crippen LogP contribution in [0.3, 0.4) is 0 Å². The molecule has 0 unspecified atom stereocenters. The maximum Gasteiger partial charge on any atom is 0.171 e. The first-order valence-electron chi connectivity index (χ1n) is 6.00. The average molecular weight is 259 g/mol. The SMILES string of the molecule is CC(=O)c1sc(Cc2cc(C)ccc2C)nc1C. The van der Waals surface area contributed by atoms with Crippen LogP contribution in [-0.2, 0) is 6.42 Å². The van der Waals surface area contributed by atoms with Gasteiger partial charge in [-0.05, 0) is 31.9 Å². The molecular formula is C15H17NOS. The number of rotatable bonds is 3. The number of aromatic nitrogens is 1. The second kappa shape index (κ2) is 5.02. The number of hydrogen-bond donors (Lipinski definition) is 0. The van der Waals surface area contributed by atoms with E-state index in [1.807, 2.05) is 6.92 Å². The number of ketones is 1. The van der Waals surface area contributed by atoms with E-state index in [0.717, 1.165) is 22.0 Å². The molecule has 1 aromatic carbocycles. The fraction of sp³-hybridized carbons (Fsp3) is 0.333. The van der Waals surface area contributed by atoms with E-state index in [4.69, 9.17) is 0 Å². The zero-order valence-electron chi connectivity index (χ0n) is 11.2. The van der Waals surface area contributed by atoms with Crippen LogP contribution in [0.1, 0.15) is 44.0 Å². The van der Waals surface area contributed by atoms with Crippen LogP contribution < -0.4 is 0 Å². The van der Waals surface area contributed by atoms with Crippen molar-refractivity contribution in [2.24, 2.45) is 0 Å². The molecule has 2 aromatic rings. The second-order valence-corrected chi connectivity index (χ2v) is 5.77.